The van der Waals surface area contributed by atoms with Crippen molar-refractivity contribution in [1.29, 1.82) is 0 Å². The van der Waals surface area contributed by atoms with Crippen molar-refractivity contribution in [2.24, 2.45) is 0 Å². The average Bonchev–Trinajstić information content (AvgIpc) is 3.61. The number of rotatable bonds is 24. The van der Waals surface area contributed by atoms with Crippen LogP contribution < -0.4 is 9.80 Å². The van der Waals surface area contributed by atoms with E-state index in [1.165, 1.54) is 12.1 Å². The molecule has 0 unspecified atom stereocenters. The van der Waals surface area contributed by atoms with E-state index < -0.39 is 68.6 Å². The quantitative estimate of drug-likeness (QED) is 0.0283. The molecule has 0 fully saturated rings. The summed E-state index contributed by atoms with van der Waals surface area (Å²) in [5.74, 6) is -1.33. The van der Waals surface area contributed by atoms with Gasteiger partial charge in [-0.1, -0.05) is 61.7 Å². The molecular formula is C52H69ClN3O12S4+. The van der Waals surface area contributed by atoms with Crippen molar-refractivity contribution in [2.75, 3.05) is 53.2 Å². The molecule has 2 heterocycles. The van der Waals surface area contributed by atoms with Gasteiger partial charge in [0.15, 0.2) is 5.71 Å². The highest BCUT2D eigenvalue weighted by atomic mass is 35.5. The lowest BCUT2D eigenvalue weighted by Gasteiger charge is -2.27. The van der Waals surface area contributed by atoms with Crippen LogP contribution in [0.25, 0.3) is 10.8 Å². The first-order valence-electron chi connectivity index (χ1n) is 24.3. The maximum Gasteiger partial charge on any atom is 0.294 e. The Kier molecular flexibility index (Phi) is 18.0. The van der Waals surface area contributed by atoms with Crippen LogP contribution in [0.15, 0.2) is 112 Å². The molecule has 0 bridgehead atoms. The Balaban J connectivity index is 1.35. The minimum Gasteiger partial charge on any atom is -0.371 e. The van der Waals surface area contributed by atoms with Crippen LogP contribution in [0, 0.1) is 0 Å². The van der Waals surface area contributed by atoms with Crippen molar-refractivity contribution < 1.29 is 56.5 Å². The number of allylic oxidation sites excluding steroid dienone is 9. The third-order valence-electron chi connectivity index (χ3n) is 13.9. The fourth-order valence-electron chi connectivity index (χ4n) is 10.3. The van der Waals surface area contributed by atoms with Gasteiger partial charge in [-0.05, 0) is 142 Å². The molecule has 3 aromatic carbocycles. The number of anilines is 2. The van der Waals surface area contributed by atoms with Gasteiger partial charge in [0.25, 0.3) is 40.5 Å². The van der Waals surface area contributed by atoms with Crippen LogP contribution in [0.5, 0.6) is 0 Å². The molecule has 20 heteroatoms. The van der Waals surface area contributed by atoms with Crippen LogP contribution in [0.3, 0.4) is 0 Å². The summed E-state index contributed by atoms with van der Waals surface area (Å²) in [5, 5.41) is 2.23. The molecule has 6 rings (SSSR count). The lowest BCUT2D eigenvalue weighted by atomic mass is 9.80. The highest BCUT2D eigenvalue weighted by molar-refractivity contribution is 7.86. The lowest BCUT2D eigenvalue weighted by molar-refractivity contribution is -0.437. The molecule has 0 amide bonds. The fourth-order valence-corrected chi connectivity index (χ4v) is 12.7. The summed E-state index contributed by atoms with van der Waals surface area (Å²) in [6, 6.07) is 14.4. The minimum atomic E-state index is -4.40. The number of hydrogen-bond donors (Lipinski definition) is 4. The van der Waals surface area contributed by atoms with Gasteiger partial charge < -0.3 is 9.80 Å². The largest absolute Gasteiger partial charge is 0.371 e. The van der Waals surface area contributed by atoms with E-state index >= 15 is 0 Å². The number of fused-ring (bicyclic) bond motifs is 4. The van der Waals surface area contributed by atoms with Crippen LogP contribution in [0.1, 0.15) is 116 Å². The van der Waals surface area contributed by atoms with Crippen molar-refractivity contribution >= 4 is 85.6 Å². The summed E-state index contributed by atoms with van der Waals surface area (Å²) in [6.07, 6.45) is 15.3. The summed E-state index contributed by atoms with van der Waals surface area (Å²) in [5.41, 5.74) is 8.33. The van der Waals surface area contributed by atoms with Crippen molar-refractivity contribution in [1.82, 2.24) is 0 Å². The Morgan fingerprint density at radius 3 is 2.08 bits per heavy atom. The zero-order valence-electron chi connectivity index (χ0n) is 41.8. The van der Waals surface area contributed by atoms with Crippen LogP contribution in [-0.2, 0) is 51.3 Å². The maximum absolute atomic E-state index is 12.1. The Labute approximate surface area is 431 Å². The molecule has 3 aliphatic rings. The van der Waals surface area contributed by atoms with Gasteiger partial charge in [-0.3, -0.25) is 18.2 Å². The summed E-state index contributed by atoms with van der Waals surface area (Å²) < 4.78 is 134. The monoisotopic (exact) mass is 1090 g/mol. The van der Waals surface area contributed by atoms with Crippen molar-refractivity contribution in [2.45, 2.75) is 121 Å². The first-order chi connectivity index (χ1) is 33.5. The van der Waals surface area contributed by atoms with Crippen molar-refractivity contribution in [3.63, 3.8) is 0 Å². The van der Waals surface area contributed by atoms with Crippen LogP contribution in [-0.4, -0.2) is 106 Å². The highest BCUT2D eigenvalue weighted by Crippen LogP contribution is 2.51. The van der Waals surface area contributed by atoms with Crippen molar-refractivity contribution in [3.05, 3.63) is 118 Å². The molecule has 72 heavy (non-hydrogen) atoms. The Morgan fingerprint density at radius 2 is 1.42 bits per heavy atom. The lowest BCUT2D eigenvalue weighted by Crippen LogP contribution is -2.29. The van der Waals surface area contributed by atoms with Gasteiger partial charge >= 0.3 is 0 Å². The third kappa shape index (κ3) is 14.4. The van der Waals surface area contributed by atoms with Gasteiger partial charge in [0.05, 0.1) is 27.6 Å². The smallest absolute Gasteiger partial charge is 0.294 e. The number of halogens is 1. The normalized spacial score (nSPS) is 18.3. The molecule has 3 aromatic rings. The molecule has 15 nitrogen and oxygen atoms in total. The van der Waals surface area contributed by atoms with E-state index in [0.29, 0.717) is 29.8 Å². The van der Waals surface area contributed by atoms with Gasteiger partial charge in [-0.25, -0.2) is 0 Å². The minimum absolute atomic E-state index is 0.0998. The molecule has 0 saturated heterocycles. The molecule has 0 radical (unpaired) electrons. The van der Waals surface area contributed by atoms with Gasteiger partial charge in [-0.2, -0.15) is 38.2 Å². The average molecular weight is 1090 g/mol. The highest BCUT2D eigenvalue weighted by Gasteiger charge is 2.45. The molecule has 4 N–H and O–H groups in total. The molecule has 0 saturated carbocycles. The predicted octanol–water partition coefficient (Wildman–Crippen LogP) is 10.5. The van der Waals surface area contributed by atoms with Crippen LogP contribution in [0.2, 0.25) is 0 Å². The van der Waals surface area contributed by atoms with E-state index in [4.69, 9.17) is 11.6 Å². The zero-order chi connectivity index (χ0) is 53.0. The second-order valence-corrected chi connectivity index (χ2v) is 26.8. The summed E-state index contributed by atoms with van der Waals surface area (Å²) >= 11 is 7.34. The van der Waals surface area contributed by atoms with Gasteiger partial charge in [-0.15, -0.1) is 6.58 Å². The second-order valence-electron chi connectivity index (χ2n) is 20.3. The predicted molar refractivity (Wildman–Crippen MR) is 289 cm³/mol. The number of benzene rings is 3. The first-order valence-corrected chi connectivity index (χ1v) is 31.0. The van der Waals surface area contributed by atoms with E-state index in [-0.39, 0.29) is 37.2 Å². The van der Waals surface area contributed by atoms with Crippen molar-refractivity contribution in [3.8, 4) is 0 Å². The molecular weight excluding hydrogens is 1020 g/mol. The van der Waals surface area contributed by atoms with E-state index in [9.17, 15) is 51.9 Å². The number of hydrogen-bond acceptors (Lipinski definition) is 10. The Morgan fingerprint density at radius 1 is 0.750 bits per heavy atom. The molecule has 0 aromatic heterocycles. The molecule has 2 aliphatic heterocycles. The Bertz CT molecular complexity index is 3210. The van der Waals surface area contributed by atoms with Crippen LogP contribution >= 0.6 is 11.6 Å². The van der Waals surface area contributed by atoms with Gasteiger partial charge in [0.1, 0.15) is 6.54 Å². The summed E-state index contributed by atoms with van der Waals surface area (Å²) in [6.45, 7) is 16.1. The molecule has 0 atom stereocenters. The molecule has 394 valence electrons. The third-order valence-corrected chi connectivity index (χ3v) is 17.6. The maximum atomic E-state index is 12.1. The second kappa shape index (κ2) is 22.7. The number of nitrogens with zero attached hydrogens (tertiary/aromatic N) is 3. The summed E-state index contributed by atoms with van der Waals surface area (Å²) in [7, 11) is -17.1. The number of unbranched alkanes of at least 4 members (excludes halogenated alkanes) is 3. The van der Waals surface area contributed by atoms with E-state index in [1.807, 2.05) is 72.7 Å². The Hall–Kier alpha value is -4.18. The van der Waals surface area contributed by atoms with E-state index in [1.54, 1.807) is 6.07 Å². The molecule has 0 spiro atoms. The topological polar surface area (TPSA) is 227 Å². The van der Waals surface area contributed by atoms with Gasteiger partial charge in [0.2, 0.25) is 5.69 Å². The molecule has 1 aliphatic carbocycles. The van der Waals surface area contributed by atoms with E-state index in [0.717, 1.165) is 107 Å². The SMILES string of the molecule is C=C(C)CCCCCN1/C(=C/C=C2\CCCC(/C=C/C3=[N+](CCCS(=O)(=O)O)c4ccc(N(CCCCS(=O)(=O)O)CCCS(=O)(=O)O)cc4C3(C)C)=C2Cl)C(C)(C)c2c1ccc1cc(S(=O)(=O)O)ccc21. The summed E-state index contributed by atoms with van der Waals surface area (Å²) in [4.78, 5) is 4.10. The fraction of sp³-hybridized carbons (Fsp3) is 0.481. The first kappa shape index (κ1) is 57.1. The van der Waals surface area contributed by atoms with Crippen LogP contribution in [0.4, 0.5) is 17.1 Å². The van der Waals surface area contributed by atoms with E-state index in [2.05, 4.69) is 37.5 Å². The zero-order valence-corrected chi connectivity index (χ0v) is 45.8. The van der Waals surface area contributed by atoms with Gasteiger partial charge in [0, 0.05) is 71.3 Å². The standard InChI is InChI=1S/C52H68ClN3O12S4/c1-37(2)15-8-7-9-30-56-46-24-18-40-35-42(72(66,67)68)22-23-43(40)49(46)52(5,6)48(56)27-20-39-17-12-16-38(50(39)53)19-26-47-51(3,4)44-36-41(21-25-45(44)55(47)31-14-34-71(63,64)65)54(29-13-33-70(60,61)62)28-10-11-32-69(57,58)59/h18-27,35-36H,1,7-17,28-34H2,2-6H3,(H3-,57,58,59,60,61,62,63,64,65,66,67,68)/p+1.